The Balaban J connectivity index is 0.000000191. The predicted octanol–water partition coefficient (Wildman–Crippen LogP) is 8.05. The van der Waals surface area contributed by atoms with Crippen molar-refractivity contribution >= 4 is 23.8 Å². The zero-order chi connectivity index (χ0) is 24.5. The van der Waals surface area contributed by atoms with Crippen LogP contribution >= 0.6 is 0 Å². The standard InChI is InChI=1S/2C14H11F2N/c2*1-10-2-4-11(5-3-10)9-17-14-7-6-12(15)8-13(14)16/h2*2-9H,1H3. The van der Waals surface area contributed by atoms with Crippen LogP contribution in [0.1, 0.15) is 22.3 Å². The zero-order valence-electron chi connectivity index (χ0n) is 18.6. The number of halogens is 4. The van der Waals surface area contributed by atoms with Crippen molar-refractivity contribution in [2.75, 3.05) is 0 Å². The monoisotopic (exact) mass is 462 g/mol. The Morgan fingerprint density at radius 3 is 1.18 bits per heavy atom. The Morgan fingerprint density at radius 1 is 0.500 bits per heavy atom. The fourth-order valence-electron chi connectivity index (χ4n) is 2.77. The summed E-state index contributed by atoms with van der Waals surface area (Å²) in [5.41, 5.74) is 4.31. The first kappa shape index (κ1) is 24.6. The molecule has 0 aliphatic carbocycles. The van der Waals surface area contributed by atoms with Gasteiger partial charge in [-0.2, -0.15) is 0 Å². The van der Waals surface area contributed by atoms with Gasteiger partial charge in [0.05, 0.1) is 11.4 Å². The molecule has 0 spiro atoms. The molecule has 4 aromatic carbocycles. The number of aryl methyl sites for hydroxylation is 2. The molecule has 6 heteroatoms. The lowest BCUT2D eigenvalue weighted by Crippen LogP contribution is -1.83. The second-order valence-corrected chi connectivity index (χ2v) is 7.53. The largest absolute Gasteiger partial charge is 0.253 e. The molecule has 0 aliphatic heterocycles. The highest BCUT2D eigenvalue weighted by Gasteiger charge is 2.02. The smallest absolute Gasteiger partial charge is 0.151 e. The van der Waals surface area contributed by atoms with E-state index in [2.05, 4.69) is 9.98 Å². The molecule has 34 heavy (non-hydrogen) atoms. The fourth-order valence-corrected chi connectivity index (χ4v) is 2.77. The van der Waals surface area contributed by atoms with Crippen LogP contribution in [-0.4, -0.2) is 12.4 Å². The van der Waals surface area contributed by atoms with Crippen molar-refractivity contribution in [2.24, 2.45) is 9.98 Å². The molecular formula is C28H22F4N2. The first-order valence-corrected chi connectivity index (χ1v) is 10.4. The summed E-state index contributed by atoms with van der Waals surface area (Å²) in [7, 11) is 0. The van der Waals surface area contributed by atoms with Gasteiger partial charge in [-0.1, -0.05) is 59.7 Å². The van der Waals surface area contributed by atoms with Crippen LogP contribution in [0, 0.1) is 37.1 Å². The summed E-state index contributed by atoms with van der Waals surface area (Å²) in [6.07, 6.45) is 3.10. The highest BCUT2D eigenvalue weighted by Crippen LogP contribution is 2.19. The van der Waals surface area contributed by atoms with Crippen LogP contribution in [-0.2, 0) is 0 Å². The highest BCUT2D eigenvalue weighted by molar-refractivity contribution is 5.82. The van der Waals surface area contributed by atoms with Crippen LogP contribution < -0.4 is 0 Å². The molecule has 0 N–H and O–H groups in total. The minimum absolute atomic E-state index is 0.131. The van der Waals surface area contributed by atoms with E-state index >= 15 is 0 Å². The molecule has 0 amide bonds. The molecule has 0 bridgehead atoms. The van der Waals surface area contributed by atoms with Gasteiger partial charge in [0.15, 0.2) is 11.6 Å². The van der Waals surface area contributed by atoms with Crippen LogP contribution in [0.25, 0.3) is 0 Å². The van der Waals surface area contributed by atoms with E-state index in [1.54, 1.807) is 12.4 Å². The van der Waals surface area contributed by atoms with Gasteiger partial charge in [0.25, 0.3) is 0 Å². The number of benzene rings is 4. The third-order valence-corrected chi connectivity index (χ3v) is 4.68. The van der Waals surface area contributed by atoms with Gasteiger partial charge in [0, 0.05) is 24.6 Å². The number of aliphatic imine (C=N–C) groups is 2. The Bertz CT molecular complexity index is 1190. The number of hydrogen-bond donors (Lipinski definition) is 0. The van der Waals surface area contributed by atoms with E-state index in [1.807, 2.05) is 62.4 Å². The third-order valence-electron chi connectivity index (χ3n) is 4.68. The minimum atomic E-state index is -0.659. The van der Waals surface area contributed by atoms with E-state index in [1.165, 1.54) is 24.3 Å². The van der Waals surface area contributed by atoms with E-state index in [9.17, 15) is 17.6 Å². The van der Waals surface area contributed by atoms with Crippen molar-refractivity contribution in [3.63, 3.8) is 0 Å². The van der Waals surface area contributed by atoms with E-state index < -0.39 is 23.3 Å². The molecule has 0 heterocycles. The fraction of sp³-hybridized carbons (Fsp3) is 0.0714. The molecule has 0 fully saturated rings. The Kier molecular flexibility index (Phi) is 8.46. The molecule has 0 saturated heterocycles. The van der Waals surface area contributed by atoms with Gasteiger partial charge in [0.1, 0.15) is 11.6 Å². The topological polar surface area (TPSA) is 24.7 Å². The third kappa shape index (κ3) is 7.52. The summed E-state index contributed by atoms with van der Waals surface area (Å²) in [5, 5.41) is 0. The molecule has 2 nitrogen and oxygen atoms in total. The Labute approximate surface area is 196 Å². The SMILES string of the molecule is Cc1ccc(C=Nc2ccc(F)cc2F)cc1.Cc1ccc(C=Nc2ccc(F)cc2F)cc1. The van der Waals surface area contributed by atoms with Crippen molar-refractivity contribution < 1.29 is 17.6 Å². The summed E-state index contributed by atoms with van der Waals surface area (Å²) < 4.78 is 51.9. The number of nitrogens with zero attached hydrogens (tertiary/aromatic N) is 2. The van der Waals surface area contributed by atoms with Gasteiger partial charge in [-0.25, -0.2) is 17.6 Å². The second-order valence-electron chi connectivity index (χ2n) is 7.53. The summed E-state index contributed by atoms with van der Waals surface area (Å²) in [4.78, 5) is 7.96. The Hall–Kier alpha value is -4.06. The van der Waals surface area contributed by atoms with Gasteiger partial charge >= 0.3 is 0 Å². The van der Waals surface area contributed by atoms with Gasteiger partial charge in [-0.05, 0) is 49.2 Å². The van der Waals surface area contributed by atoms with E-state index in [0.29, 0.717) is 0 Å². The molecule has 172 valence electrons. The van der Waals surface area contributed by atoms with E-state index in [4.69, 9.17) is 0 Å². The minimum Gasteiger partial charge on any atom is -0.253 e. The highest BCUT2D eigenvalue weighted by atomic mass is 19.1. The van der Waals surface area contributed by atoms with E-state index in [0.717, 1.165) is 34.4 Å². The molecule has 4 rings (SSSR count). The van der Waals surface area contributed by atoms with Crippen molar-refractivity contribution in [2.45, 2.75) is 13.8 Å². The molecule has 0 aliphatic rings. The lowest BCUT2D eigenvalue weighted by molar-refractivity contribution is 0.584. The molecule has 0 saturated carbocycles. The van der Waals surface area contributed by atoms with Gasteiger partial charge in [0.2, 0.25) is 0 Å². The molecule has 4 aromatic rings. The maximum Gasteiger partial charge on any atom is 0.151 e. The van der Waals surface area contributed by atoms with Gasteiger partial charge < -0.3 is 0 Å². The quantitative estimate of drug-likeness (QED) is 0.217. The summed E-state index contributed by atoms with van der Waals surface area (Å²) in [5.74, 6) is -2.52. The number of rotatable bonds is 4. The van der Waals surface area contributed by atoms with Gasteiger partial charge in [-0.3, -0.25) is 9.98 Å². The first-order valence-electron chi connectivity index (χ1n) is 10.4. The lowest BCUT2D eigenvalue weighted by atomic mass is 10.2. The summed E-state index contributed by atoms with van der Waals surface area (Å²) in [6, 6.07) is 22.0. The first-order chi connectivity index (χ1) is 16.3. The molecule has 0 aromatic heterocycles. The average molecular weight is 462 g/mol. The summed E-state index contributed by atoms with van der Waals surface area (Å²) >= 11 is 0. The van der Waals surface area contributed by atoms with Crippen LogP contribution in [0.2, 0.25) is 0 Å². The maximum absolute atomic E-state index is 13.3. The van der Waals surface area contributed by atoms with Crippen molar-refractivity contribution in [3.05, 3.63) is 130 Å². The molecule has 0 atom stereocenters. The molecule has 0 radical (unpaired) electrons. The zero-order valence-corrected chi connectivity index (χ0v) is 18.6. The van der Waals surface area contributed by atoms with Crippen LogP contribution in [0.3, 0.4) is 0 Å². The van der Waals surface area contributed by atoms with Crippen molar-refractivity contribution in [1.29, 1.82) is 0 Å². The average Bonchev–Trinajstić information content (AvgIpc) is 2.81. The molecule has 0 unspecified atom stereocenters. The number of hydrogen-bond acceptors (Lipinski definition) is 2. The molecular weight excluding hydrogens is 440 g/mol. The second kappa shape index (κ2) is 11.7. The van der Waals surface area contributed by atoms with Crippen LogP contribution in [0.5, 0.6) is 0 Å². The van der Waals surface area contributed by atoms with Crippen molar-refractivity contribution in [1.82, 2.24) is 0 Å². The van der Waals surface area contributed by atoms with Crippen LogP contribution in [0.4, 0.5) is 28.9 Å². The lowest BCUT2D eigenvalue weighted by Gasteiger charge is -1.97. The predicted molar refractivity (Wildman–Crippen MR) is 130 cm³/mol. The van der Waals surface area contributed by atoms with Gasteiger partial charge in [-0.15, -0.1) is 0 Å². The van der Waals surface area contributed by atoms with E-state index in [-0.39, 0.29) is 11.4 Å². The Morgan fingerprint density at radius 2 is 0.853 bits per heavy atom. The van der Waals surface area contributed by atoms with Crippen LogP contribution in [0.15, 0.2) is 94.9 Å². The normalized spacial score (nSPS) is 11.0. The maximum atomic E-state index is 13.3. The van der Waals surface area contributed by atoms with Crippen molar-refractivity contribution in [3.8, 4) is 0 Å². The summed E-state index contributed by atoms with van der Waals surface area (Å²) in [6.45, 7) is 3.97.